The van der Waals surface area contributed by atoms with Crippen LogP contribution in [0.5, 0.6) is 0 Å². The molecule has 0 radical (unpaired) electrons. The molecule has 1 amide bonds. The van der Waals surface area contributed by atoms with E-state index in [0.717, 1.165) is 0 Å². The fourth-order valence-corrected chi connectivity index (χ4v) is 2.97. The van der Waals surface area contributed by atoms with Gasteiger partial charge in [0.05, 0.1) is 6.54 Å². The molecule has 21 heavy (non-hydrogen) atoms. The Kier molecular flexibility index (Phi) is 6.18. The highest BCUT2D eigenvalue weighted by atomic mass is 19.1. The van der Waals surface area contributed by atoms with E-state index in [1.165, 1.54) is 50.7 Å². The Morgan fingerprint density at radius 1 is 1.19 bits per heavy atom. The Hall–Kier alpha value is -1.42. The van der Waals surface area contributed by atoms with Crippen LogP contribution in [0.4, 0.5) is 10.1 Å². The molecule has 2 N–H and O–H groups in total. The Morgan fingerprint density at radius 3 is 2.43 bits per heavy atom. The molecule has 1 aliphatic carbocycles. The molecule has 0 spiro atoms. The third-order valence-corrected chi connectivity index (χ3v) is 4.32. The Morgan fingerprint density at radius 2 is 1.81 bits per heavy atom. The minimum absolute atomic E-state index is 0.0814. The van der Waals surface area contributed by atoms with Crippen molar-refractivity contribution in [1.29, 1.82) is 0 Å². The number of amides is 1. The van der Waals surface area contributed by atoms with Gasteiger partial charge in [0, 0.05) is 11.7 Å². The second kappa shape index (κ2) is 8.13. The van der Waals surface area contributed by atoms with Gasteiger partial charge in [-0.2, -0.15) is 0 Å². The maximum Gasteiger partial charge on any atom is 0.238 e. The van der Waals surface area contributed by atoms with Gasteiger partial charge in [0.25, 0.3) is 0 Å². The molecule has 0 saturated heterocycles. The van der Waals surface area contributed by atoms with Gasteiger partial charge in [-0.15, -0.1) is 0 Å². The summed E-state index contributed by atoms with van der Waals surface area (Å²) in [5.41, 5.74) is 0.630. The number of rotatable bonds is 5. The number of carbonyl (C=O) groups is 1. The molecule has 1 aliphatic rings. The third kappa shape index (κ3) is 5.46. The van der Waals surface area contributed by atoms with Crippen molar-refractivity contribution in [2.45, 2.75) is 51.5 Å². The zero-order chi connectivity index (χ0) is 15.1. The fourth-order valence-electron chi connectivity index (χ4n) is 2.97. The van der Waals surface area contributed by atoms with Crippen LogP contribution in [-0.4, -0.2) is 18.5 Å². The molecule has 4 heteroatoms. The van der Waals surface area contributed by atoms with Crippen molar-refractivity contribution in [2.75, 3.05) is 11.9 Å². The van der Waals surface area contributed by atoms with Gasteiger partial charge >= 0.3 is 0 Å². The van der Waals surface area contributed by atoms with Crippen molar-refractivity contribution >= 4 is 11.6 Å². The summed E-state index contributed by atoms with van der Waals surface area (Å²) in [5.74, 6) is 0.293. The number of anilines is 1. The summed E-state index contributed by atoms with van der Waals surface area (Å²) in [6, 6.07) is 6.19. The number of hydrogen-bond donors (Lipinski definition) is 2. The van der Waals surface area contributed by atoms with Gasteiger partial charge in [-0.25, -0.2) is 4.39 Å². The van der Waals surface area contributed by atoms with E-state index in [1.54, 1.807) is 12.1 Å². The molecule has 0 aliphatic heterocycles. The SMILES string of the molecule is C[C@H](NCC(=O)Nc1ccc(F)cc1)C1CCCCCC1. The largest absolute Gasteiger partial charge is 0.325 e. The zero-order valence-corrected chi connectivity index (χ0v) is 12.7. The molecule has 0 bridgehead atoms. The molecule has 0 aromatic heterocycles. The summed E-state index contributed by atoms with van der Waals surface area (Å²) in [6.07, 6.45) is 7.81. The monoisotopic (exact) mass is 292 g/mol. The number of benzene rings is 1. The molecule has 0 unspecified atom stereocenters. The highest BCUT2D eigenvalue weighted by Crippen LogP contribution is 2.25. The van der Waals surface area contributed by atoms with Crippen LogP contribution in [0.15, 0.2) is 24.3 Å². The second-order valence-electron chi connectivity index (χ2n) is 5.98. The van der Waals surface area contributed by atoms with Gasteiger partial charge in [0.15, 0.2) is 0 Å². The lowest BCUT2D eigenvalue weighted by Gasteiger charge is -2.23. The molecule has 1 aromatic carbocycles. The van der Waals surface area contributed by atoms with E-state index in [-0.39, 0.29) is 11.7 Å². The first-order valence-electron chi connectivity index (χ1n) is 7.94. The molecule has 2 rings (SSSR count). The Balaban J connectivity index is 1.73. The first-order valence-corrected chi connectivity index (χ1v) is 7.94. The zero-order valence-electron chi connectivity index (χ0n) is 12.7. The maximum absolute atomic E-state index is 12.8. The number of nitrogens with one attached hydrogen (secondary N) is 2. The summed E-state index contributed by atoms with van der Waals surface area (Å²) < 4.78 is 12.8. The van der Waals surface area contributed by atoms with Crippen LogP contribution in [0, 0.1) is 11.7 Å². The van der Waals surface area contributed by atoms with Crippen LogP contribution in [0.25, 0.3) is 0 Å². The highest BCUT2D eigenvalue weighted by molar-refractivity contribution is 5.92. The quantitative estimate of drug-likeness (QED) is 0.812. The van der Waals surface area contributed by atoms with Crippen molar-refractivity contribution in [2.24, 2.45) is 5.92 Å². The second-order valence-corrected chi connectivity index (χ2v) is 5.98. The van der Waals surface area contributed by atoms with E-state index in [2.05, 4.69) is 17.6 Å². The standard InChI is InChI=1S/C17H25FN2O/c1-13(14-6-4-2-3-5-7-14)19-12-17(21)20-16-10-8-15(18)9-11-16/h8-11,13-14,19H,2-7,12H2,1H3,(H,20,21)/t13-/m0/s1. The number of halogens is 1. The van der Waals surface area contributed by atoms with E-state index in [4.69, 9.17) is 0 Å². The molecule has 1 atom stereocenters. The van der Waals surface area contributed by atoms with E-state index in [1.807, 2.05) is 0 Å². The maximum atomic E-state index is 12.8. The van der Waals surface area contributed by atoms with E-state index in [9.17, 15) is 9.18 Å². The number of carbonyl (C=O) groups excluding carboxylic acids is 1. The summed E-state index contributed by atoms with van der Waals surface area (Å²) >= 11 is 0. The van der Waals surface area contributed by atoms with Crippen LogP contribution in [0.1, 0.15) is 45.4 Å². The van der Waals surface area contributed by atoms with Gasteiger partial charge in [-0.05, 0) is 49.9 Å². The predicted molar refractivity (Wildman–Crippen MR) is 83.7 cm³/mol. The third-order valence-electron chi connectivity index (χ3n) is 4.32. The van der Waals surface area contributed by atoms with Gasteiger partial charge in [0.2, 0.25) is 5.91 Å². The first-order chi connectivity index (χ1) is 10.1. The minimum Gasteiger partial charge on any atom is -0.325 e. The Bertz CT molecular complexity index is 439. The lowest BCUT2D eigenvalue weighted by Crippen LogP contribution is -2.38. The summed E-state index contributed by atoms with van der Waals surface area (Å²) in [7, 11) is 0. The van der Waals surface area contributed by atoms with Crippen LogP contribution >= 0.6 is 0 Å². The van der Waals surface area contributed by atoms with Crippen LogP contribution < -0.4 is 10.6 Å². The van der Waals surface area contributed by atoms with E-state index < -0.39 is 0 Å². The van der Waals surface area contributed by atoms with Crippen molar-refractivity contribution < 1.29 is 9.18 Å². The van der Waals surface area contributed by atoms with Crippen LogP contribution in [0.3, 0.4) is 0 Å². The van der Waals surface area contributed by atoms with E-state index >= 15 is 0 Å². The molecule has 1 fully saturated rings. The van der Waals surface area contributed by atoms with Crippen LogP contribution in [0.2, 0.25) is 0 Å². The molecule has 1 aromatic rings. The average Bonchev–Trinajstić information content (AvgIpc) is 2.76. The smallest absolute Gasteiger partial charge is 0.238 e. The fraction of sp³-hybridized carbons (Fsp3) is 0.588. The van der Waals surface area contributed by atoms with Gasteiger partial charge in [0.1, 0.15) is 5.82 Å². The summed E-state index contributed by atoms with van der Waals surface area (Å²) in [5, 5.41) is 6.10. The average molecular weight is 292 g/mol. The van der Waals surface area contributed by atoms with Crippen LogP contribution in [-0.2, 0) is 4.79 Å². The van der Waals surface area contributed by atoms with Gasteiger partial charge < -0.3 is 10.6 Å². The Labute approximate surface area is 126 Å². The highest BCUT2D eigenvalue weighted by Gasteiger charge is 2.19. The number of hydrogen-bond acceptors (Lipinski definition) is 2. The minimum atomic E-state index is -0.298. The van der Waals surface area contributed by atoms with Gasteiger partial charge in [-0.1, -0.05) is 25.7 Å². The summed E-state index contributed by atoms with van der Waals surface area (Å²) in [6.45, 7) is 2.47. The summed E-state index contributed by atoms with van der Waals surface area (Å²) in [4.78, 5) is 11.9. The molecule has 0 heterocycles. The van der Waals surface area contributed by atoms with Crippen molar-refractivity contribution in [3.63, 3.8) is 0 Å². The lowest BCUT2D eigenvalue weighted by atomic mass is 9.93. The molecule has 3 nitrogen and oxygen atoms in total. The molecule has 1 saturated carbocycles. The van der Waals surface area contributed by atoms with E-state index in [0.29, 0.717) is 24.2 Å². The lowest BCUT2D eigenvalue weighted by molar-refractivity contribution is -0.115. The first kappa shape index (κ1) is 16.0. The van der Waals surface area contributed by atoms with Crippen molar-refractivity contribution in [3.05, 3.63) is 30.1 Å². The van der Waals surface area contributed by atoms with Gasteiger partial charge in [-0.3, -0.25) is 4.79 Å². The molecular formula is C17H25FN2O. The predicted octanol–water partition coefficient (Wildman–Crippen LogP) is 3.71. The molecular weight excluding hydrogens is 267 g/mol. The van der Waals surface area contributed by atoms with Crippen molar-refractivity contribution in [3.8, 4) is 0 Å². The van der Waals surface area contributed by atoms with Crippen molar-refractivity contribution in [1.82, 2.24) is 5.32 Å². The topological polar surface area (TPSA) is 41.1 Å². The normalized spacial score (nSPS) is 18.0. The molecule has 116 valence electrons.